The summed E-state index contributed by atoms with van der Waals surface area (Å²) < 4.78 is 25.8. The molecule has 0 saturated carbocycles. The fourth-order valence-corrected chi connectivity index (χ4v) is 3.26. The Kier molecular flexibility index (Phi) is 5.49. The first kappa shape index (κ1) is 16.4. The Labute approximate surface area is 117 Å². The van der Waals surface area contributed by atoms with E-state index in [2.05, 4.69) is 0 Å². The van der Waals surface area contributed by atoms with Crippen LogP contribution >= 0.6 is 0 Å². The number of hydrogen-bond acceptors (Lipinski definition) is 5. The Morgan fingerprint density at radius 2 is 1.95 bits per heavy atom. The molecule has 0 unspecified atom stereocenters. The number of sulfonamides is 1. The van der Waals surface area contributed by atoms with Crippen LogP contribution in [0.3, 0.4) is 0 Å². The first-order valence-corrected chi connectivity index (χ1v) is 7.46. The molecule has 8 heteroatoms. The standard InChI is InChI=1S/C12H17NO6S/c1-2-5-13(6-7-14)20(18,19)9-3-4-11(15)10(8-9)12(16)17/h3-4,8,14-15H,2,5-7H2,1H3,(H,16,17). The minimum absolute atomic E-state index is 0.0700. The Hall–Kier alpha value is -1.64. The van der Waals surface area contributed by atoms with Crippen LogP contribution in [0.4, 0.5) is 0 Å². The number of carboxylic acids is 1. The Morgan fingerprint density at radius 3 is 2.45 bits per heavy atom. The summed E-state index contributed by atoms with van der Waals surface area (Å²) in [5.74, 6) is -1.91. The van der Waals surface area contributed by atoms with E-state index in [0.29, 0.717) is 6.42 Å². The van der Waals surface area contributed by atoms with E-state index in [0.717, 1.165) is 22.5 Å². The van der Waals surface area contributed by atoms with Crippen LogP contribution in [0.1, 0.15) is 23.7 Å². The van der Waals surface area contributed by atoms with E-state index in [-0.39, 0.29) is 24.6 Å². The summed E-state index contributed by atoms with van der Waals surface area (Å²) in [5, 5.41) is 27.2. The van der Waals surface area contributed by atoms with Crippen molar-refractivity contribution < 1.29 is 28.5 Å². The monoisotopic (exact) mass is 303 g/mol. The fourth-order valence-electron chi connectivity index (χ4n) is 1.71. The van der Waals surface area contributed by atoms with Gasteiger partial charge in [0.25, 0.3) is 0 Å². The average molecular weight is 303 g/mol. The van der Waals surface area contributed by atoms with Gasteiger partial charge in [-0.3, -0.25) is 0 Å². The number of rotatable bonds is 7. The molecule has 0 spiro atoms. The zero-order valence-electron chi connectivity index (χ0n) is 11.0. The van der Waals surface area contributed by atoms with Crippen LogP contribution in [0, 0.1) is 0 Å². The van der Waals surface area contributed by atoms with Crippen molar-refractivity contribution in [1.82, 2.24) is 4.31 Å². The molecular formula is C12H17NO6S. The SMILES string of the molecule is CCCN(CCO)S(=O)(=O)c1ccc(O)c(C(=O)O)c1. The molecule has 0 bridgehead atoms. The molecule has 7 nitrogen and oxygen atoms in total. The highest BCUT2D eigenvalue weighted by Gasteiger charge is 2.25. The fraction of sp³-hybridized carbons (Fsp3) is 0.417. The van der Waals surface area contributed by atoms with Crippen molar-refractivity contribution in [2.24, 2.45) is 0 Å². The lowest BCUT2D eigenvalue weighted by atomic mass is 10.2. The van der Waals surface area contributed by atoms with E-state index in [4.69, 9.17) is 10.2 Å². The van der Waals surface area contributed by atoms with Crippen molar-refractivity contribution in [2.45, 2.75) is 18.2 Å². The number of benzene rings is 1. The molecule has 0 aliphatic rings. The molecule has 0 aliphatic heterocycles. The summed E-state index contributed by atoms with van der Waals surface area (Å²) in [6, 6.07) is 3.07. The van der Waals surface area contributed by atoms with Crippen molar-refractivity contribution >= 4 is 16.0 Å². The zero-order chi connectivity index (χ0) is 15.3. The van der Waals surface area contributed by atoms with Crippen LogP contribution < -0.4 is 0 Å². The summed E-state index contributed by atoms with van der Waals surface area (Å²) in [6.07, 6.45) is 0.559. The van der Waals surface area contributed by atoms with Crippen LogP contribution in [0.25, 0.3) is 0 Å². The molecule has 0 atom stereocenters. The number of aliphatic hydroxyl groups excluding tert-OH is 1. The second kappa shape index (κ2) is 6.69. The van der Waals surface area contributed by atoms with Gasteiger partial charge in [-0.25, -0.2) is 13.2 Å². The summed E-state index contributed by atoms with van der Waals surface area (Å²) in [5.41, 5.74) is -0.480. The molecule has 0 aliphatic carbocycles. The number of aliphatic hydroxyl groups is 1. The maximum atomic E-state index is 12.3. The van der Waals surface area contributed by atoms with Gasteiger partial charge in [0.15, 0.2) is 0 Å². The van der Waals surface area contributed by atoms with E-state index in [1.165, 1.54) is 0 Å². The molecule has 0 saturated heterocycles. The van der Waals surface area contributed by atoms with Gasteiger partial charge >= 0.3 is 5.97 Å². The van der Waals surface area contributed by atoms with Crippen LogP contribution in [-0.2, 0) is 10.0 Å². The van der Waals surface area contributed by atoms with Crippen molar-refractivity contribution in [3.8, 4) is 5.75 Å². The summed E-state index contributed by atoms with van der Waals surface area (Å²) in [6.45, 7) is 1.61. The van der Waals surface area contributed by atoms with E-state index in [9.17, 15) is 18.3 Å². The van der Waals surface area contributed by atoms with Gasteiger partial charge in [-0.2, -0.15) is 4.31 Å². The van der Waals surface area contributed by atoms with Crippen molar-refractivity contribution in [3.63, 3.8) is 0 Å². The lowest BCUT2D eigenvalue weighted by Gasteiger charge is -2.20. The number of phenols is 1. The van der Waals surface area contributed by atoms with Crippen LogP contribution in [-0.4, -0.2) is 53.7 Å². The molecular weight excluding hydrogens is 286 g/mol. The number of aromatic hydroxyl groups is 1. The van der Waals surface area contributed by atoms with Gasteiger partial charge in [0, 0.05) is 13.1 Å². The van der Waals surface area contributed by atoms with Gasteiger partial charge in [0.2, 0.25) is 10.0 Å². The first-order valence-electron chi connectivity index (χ1n) is 6.02. The normalized spacial score (nSPS) is 11.8. The van der Waals surface area contributed by atoms with Gasteiger partial charge in [-0.1, -0.05) is 6.92 Å². The van der Waals surface area contributed by atoms with Crippen LogP contribution in [0.2, 0.25) is 0 Å². The maximum Gasteiger partial charge on any atom is 0.339 e. The summed E-state index contributed by atoms with van der Waals surface area (Å²) in [4.78, 5) is 10.7. The number of hydrogen-bond donors (Lipinski definition) is 3. The minimum atomic E-state index is -3.90. The zero-order valence-corrected chi connectivity index (χ0v) is 11.8. The number of nitrogens with zero attached hydrogens (tertiary/aromatic N) is 1. The molecule has 112 valence electrons. The van der Waals surface area contributed by atoms with Crippen molar-refractivity contribution in [1.29, 1.82) is 0 Å². The van der Waals surface area contributed by atoms with Gasteiger partial charge in [0.1, 0.15) is 11.3 Å². The molecule has 3 N–H and O–H groups in total. The third kappa shape index (κ3) is 3.47. The summed E-state index contributed by atoms with van der Waals surface area (Å²) in [7, 11) is -3.90. The molecule has 0 heterocycles. The smallest absolute Gasteiger partial charge is 0.339 e. The molecule has 20 heavy (non-hydrogen) atoms. The lowest BCUT2D eigenvalue weighted by molar-refractivity contribution is 0.0693. The van der Waals surface area contributed by atoms with E-state index < -0.39 is 27.3 Å². The second-order valence-electron chi connectivity index (χ2n) is 4.11. The molecule has 0 amide bonds. The van der Waals surface area contributed by atoms with Crippen LogP contribution in [0.5, 0.6) is 5.75 Å². The van der Waals surface area contributed by atoms with Crippen LogP contribution in [0.15, 0.2) is 23.1 Å². The van der Waals surface area contributed by atoms with E-state index >= 15 is 0 Å². The Bertz CT molecular complexity index is 578. The molecule has 1 rings (SSSR count). The first-order chi connectivity index (χ1) is 9.34. The number of carboxylic acid groups (broad SMARTS) is 1. The molecule has 0 radical (unpaired) electrons. The highest BCUT2D eigenvalue weighted by molar-refractivity contribution is 7.89. The minimum Gasteiger partial charge on any atom is -0.507 e. The molecule has 0 fully saturated rings. The molecule has 0 aromatic heterocycles. The van der Waals surface area contributed by atoms with Gasteiger partial charge in [-0.05, 0) is 24.6 Å². The lowest BCUT2D eigenvalue weighted by Crippen LogP contribution is -2.34. The molecule has 1 aromatic rings. The van der Waals surface area contributed by atoms with Gasteiger partial charge < -0.3 is 15.3 Å². The van der Waals surface area contributed by atoms with Crippen molar-refractivity contribution in [2.75, 3.05) is 19.7 Å². The quantitative estimate of drug-likeness (QED) is 0.675. The predicted octanol–water partition coefficient (Wildman–Crippen LogP) is 0.483. The van der Waals surface area contributed by atoms with E-state index in [1.807, 2.05) is 0 Å². The maximum absolute atomic E-state index is 12.3. The summed E-state index contributed by atoms with van der Waals surface area (Å²) >= 11 is 0. The average Bonchev–Trinajstić information content (AvgIpc) is 2.38. The van der Waals surface area contributed by atoms with Gasteiger partial charge in [0.05, 0.1) is 11.5 Å². The largest absolute Gasteiger partial charge is 0.507 e. The topological polar surface area (TPSA) is 115 Å². The van der Waals surface area contributed by atoms with Crippen molar-refractivity contribution in [3.05, 3.63) is 23.8 Å². The Morgan fingerprint density at radius 1 is 1.30 bits per heavy atom. The number of carbonyl (C=O) groups is 1. The number of aromatic carboxylic acids is 1. The highest BCUT2D eigenvalue weighted by atomic mass is 32.2. The van der Waals surface area contributed by atoms with E-state index in [1.54, 1.807) is 6.92 Å². The highest BCUT2D eigenvalue weighted by Crippen LogP contribution is 2.23. The molecule has 1 aromatic carbocycles. The Balaban J connectivity index is 3.26. The predicted molar refractivity (Wildman–Crippen MR) is 71.2 cm³/mol. The third-order valence-corrected chi connectivity index (χ3v) is 4.55. The second-order valence-corrected chi connectivity index (χ2v) is 6.05. The third-order valence-electron chi connectivity index (χ3n) is 2.66. The van der Waals surface area contributed by atoms with Gasteiger partial charge in [-0.15, -0.1) is 0 Å².